The summed E-state index contributed by atoms with van der Waals surface area (Å²) >= 11 is 0. The van der Waals surface area contributed by atoms with E-state index in [9.17, 15) is 0 Å². The summed E-state index contributed by atoms with van der Waals surface area (Å²) in [4.78, 5) is 0. The molecule has 1 aromatic rings. The molecule has 1 atom stereocenters. The van der Waals surface area contributed by atoms with Crippen LogP contribution in [0.2, 0.25) is 0 Å². The predicted molar refractivity (Wildman–Crippen MR) is 44.9 cm³/mol. The third-order valence-electron chi connectivity index (χ3n) is 2.25. The van der Waals surface area contributed by atoms with Crippen LogP contribution in [0.15, 0.2) is 24.3 Å². The van der Waals surface area contributed by atoms with E-state index in [1.807, 2.05) is 18.2 Å². The van der Waals surface area contributed by atoms with Gasteiger partial charge in [-0.1, -0.05) is 18.2 Å². The summed E-state index contributed by atoms with van der Waals surface area (Å²) in [5.74, 6) is 0.741. The van der Waals surface area contributed by atoms with Crippen molar-refractivity contribution in [3.63, 3.8) is 0 Å². The van der Waals surface area contributed by atoms with E-state index in [-0.39, 0.29) is 6.04 Å². The summed E-state index contributed by atoms with van der Waals surface area (Å²) in [6.07, 6.45) is 2.60. The van der Waals surface area contributed by atoms with Crippen LogP contribution in [0.3, 0.4) is 0 Å². The quantitative estimate of drug-likeness (QED) is 0.677. The minimum atomic E-state index is 0.257. The van der Waals surface area contributed by atoms with E-state index >= 15 is 0 Å². The molecule has 1 aliphatic carbocycles. The summed E-state index contributed by atoms with van der Waals surface area (Å²) in [5.41, 5.74) is 7.21. The Labute approximate surface area is 67.2 Å². The summed E-state index contributed by atoms with van der Waals surface area (Å²) in [6, 6.07) is 11.3. The molecule has 0 heterocycles. The van der Waals surface area contributed by atoms with Crippen molar-refractivity contribution in [2.75, 3.05) is 0 Å². The number of benzene rings is 1. The van der Waals surface area contributed by atoms with Crippen molar-refractivity contribution in [3.8, 4) is 0 Å². The van der Waals surface area contributed by atoms with Gasteiger partial charge in [-0.05, 0) is 36.5 Å². The van der Waals surface area contributed by atoms with Gasteiger partial charge in [-0.15, -0.1) is 0 Å². The first-order valence-electron chi connectivity index (χ1n) is 4.09. The monoisotopic (exact) mass is 146 g/mol. The molecule has 1 radical (unpaired) electrons. The minimum Gasteiger partial charge on any atom is -0.324 e. The minimum absolute atomic E-state index is 0.257. The maximum absolute atomic E-state index is 5.98. The molecule has 1 fully saturated rings. The fourth-order valence-electron chi connectivity index (χ4n) is 1.34. The van der Waals surface area contributed by atoms with E-state index in [0.717, 1.165) is 5.92 Å². The molecule has 1 heteroatoms. The average Bonchev–Trinajstić information content (AvgIpc) is 2.87. The van der Waals surface area contributed by atoms with Crippen LogP contribution in [0.5, 0.6) is 0 Å². The molecule has 0 aliphatic heterocycles. The molecule has 1 aliphatic rings. The third kappa shape index (κ3) is 1.43. The maximum atomic E-state index is 5.98. The number of nitrogens with two attached hydrogens (primary N) is 1. The lowest BCUT2D eigenvalue weighted by atomic mass is 10.0. The smallest absolute Gasteiger partial charge is 0.0323 e. The lowest BCUT2D eigenvalue weighted by Crippen LogP contribution is -2.11. The Hall–Kier alpha value is -0.820. The highest BCUT2D eigenvalue weighted by Crippen LogP contribution is 2.39. The highest BCUT2D eigenvalue weighted by molar-refractivity contribution is 5.19. The third-order valence-corrected chi connectivity index (χ3v) is 2.25. The van der Waals surface area contributed by atoms with Gasteiger partial charge in [-0.3, -0.25) is 0 Å². The van der Waals surface area contributed by atoms with Gasteiger partial charge in [0.05, 0.1) is 0 Å². The van der Waals surface area contributed by atoms with Crippen LogP contribution < -0.4 is 5.73 Å². The second kappa shape index (κ2) is 2.67. The molecule has 0 amide bonds. The highest BCUT2D eigenvalue weighted by Gasteiger charge is 2.29. The molecular formula is C10H12N. The van der Waals surface area contributed by atoms with Crippen molar-refractivity contribution in [1.29, 1.82) is 0 Å². The standard InChI is InChI=1S/C10H12N/c11-10(9-6-7-9)8-4-2-1-3-5-8/h1-2,4-5,9-10H,6-7,11H2. The highest BCUT2D eigenvalue weighted by atomic mass is 14.7. The fraction of sp³-hybridized carbons (Fsp3) is 0.400. The van der Waals surface area contributed by atoms with Crippen LogP contribution in [0.25, 0.3) is 0 Å². The molecule has 1 nitrogen and oxygen atoms in total. The zero-order valence-electron chi connectivity index (χ0n) is 6.46. The molecule has 0 spiro atoms. The largest absolute Gasteiger partial charge is 0.324 e. The summed E-state index contributed by atoms with van der Waals surface area (Å²) in [7, 11) is 0. The molecule has 57 valence electrons. The normalized spacial score (nSPS) is 19.7. The molecule has 0 saturated heterocycles. The average molecular weight is 146 g/mol. The van der Waals surface area contributed by atoms with Crippen molar-refractivity contribution >= 4 is 0 Å². The molecule has 1 unspecified atom stereocenters. The van der Waals surface area contributed by atoms with Gasteiger partial charge in [0.25, 0.3) is 0 Å². The first kappa shape index (κ1) is 6.86. The van der Waals surface area contributed by atoms with Crippen LogP contribution in [0.1, 0.15) is 24.4 Å². The van der Waals surface area contributed by atoms with Gasteiger partial charge < -0.3 is 5.73 Å². The predicted octanol–water partition coefficient (Wildman–Crippen LogP) is 1.90. The Morgan fingerprint density at radius 2 is 2.36 bits per heavy atom. The van der Waals surface area contributed by atoms with Gasteiger partial charge in [0.2, 0.25) is 0 Å². The van der Waals surface area contributed by atoms with Crippen LogP contribution in [-0.4, -0.2) is 0 Å². The Bertz CT molecular complexity index is 226. The summed E-state index contributed by atoms with van der Waals surface area (Å²) in [5, 5.41) is 0. The van der Waals surface area contributed by atoms with Gasteiger partial charge in [-0.2, -0.15) is 0 Å². The van der Waals surface area contributed by atoms with Crippen LogP contribution in [0.4, 0.5) is 0 Å². The van der Waals surface area contributed by atoms with E-state index < -0.39 is 0 Å². The molecule has 1 aromatic carbocycles. The number of hydrogen-bond acceptors (Lipinski definition) is 1. The van der Waals surface area contributed by atoms with E-state index in [4.69, 9.17) is 5.73 Å². The Kier molecular flexibility index (Phi) is 1.66. The number of hydrogen-bond donors (Lipinski definition) is 1. The Morgan fingerprint density at radius 3 is 2.91 bits per heavy atom. The topological polar surface area (TPSA) is 26.0 Å². The van der Waals surface area contributed by atoms with Gasteiger partial charge in [0.15, 0.2) is 0 Å². The second-order valence-corrected chi connectivity index (χ2v) is 3.20. The lowest BCUT2D eigenvalue weighted by molar-refractivity contribution is 0.633. The Balaban J connectivity index is 2.15. The van der Waals surface area contributed by atoms with Gasteiger partial charge in [0.1, 0.15) is 0 Å². The molecule has 11 heavy (non-hydrogen) atoms. The maximum Gasteiger partial charge on any atom is 0.0323 e. The van der Waals surface area contributed by atoms with Crippen molar-refractivity contribution in [1.82, 2.24) is 0 Å². The summed E-state index contributed by atoms with van der Waals surface area (Å²) in [6.45, 7) is 0. The molecular weight excluding hydrogens is 134 g/mol. The lowest BCUT2D eigenvalue weighted by Gasteiger charge is -2.08. The van der Waals surface area contributed by atoms with Crippen molar-refractivity contribution in [2.24, 2.45) is 11.7 Å². The Morgan fingerprint density at radius 1 is 1.55 bits per heavy atom. The van der Waals surface area contributed by atoms with Crippen LogP contribution in [-0.2, 0) is 0 Å². The fourth-order valence-corrected chi connectivity index (χ4v) is 1.34. The van der Waals surface area contributed by atoms with Crippen molar-refractivity contribution < 1.29 is 0 Å². The van der Waals surface area contributed by atoms with Gasteiger partial charge in [0, 0.05) is 6.04 Å². The van der Waals surface area contributed by atoms with E-state index in [2.05, 4.69) is 12.1 Å². The molecule has 2 N–H and O–H groups in total. The molecule has 1 saturated carbocycles. The van der Waals surface area contributed by atoms with Gasteiger partial charge >= 0.3 is 0 Å². The van der Waals surface area contributed by atoms with Gasteiger partial charge in [-0.25, -0.2) is 0 Å². The molecule has 2 rings (SSSR count). The molecule has 0 aromatic heterocycles. The van der Waals surface area contributed by atoms with Crippen molar-refractivity contribution in [2.45, 2.75) is 18.9 Å². The first-order chi connectivity index (χ1) is 5.38. The van der Waals surface area contributed by atoms with E-state index in [0.29, 0.717) is 0 Å². The van der Waals surface area contributed by atoms with Crippen LogP contribution in [0, 0.1) is 12.0 Å². The van der Waals surface area contributed by atoms with Crippen LogP contribution >= 0.6 is 0 Å². The first-order valence-corrected chi connectivity index (χ1v) is 4.09. The SMILES string of the molecule is NC(c1c[c]ccc1)C1CC1. The zero-order valence-corrected chi connectivity index (χ0v) is 6.46. The molecule has 0 bridgehead atoms. The van der Waals surface area contributed by atoms with Crippen molar-refractivity contribution in [3.05, 3.63) is 35.9 Å². The van der Waals surface area contributed by atoms with E-state index in [1.54, 1.807) is 0 Å². The second-order valence-electron chi connectivity index (χ2n) is 3.20. The summed E-state index contributed by atoms with van der Waals surface area (Å²) < 4.78 is 0. The number of rotatable bonds is 2. The van der Waals surface area contributed by atoms with E-state index in [1.165, 1.54) is 18.4 Å². The zero-order chi connectivity index (χ0) is 7.68.